The summed E-state index contributed by atoms with van der Waals surface area (Å²) in [5.74, 6) is 0. The quantitative estimate of drug-likeness (QED) is 0.257. The lowest BCUT2D eigenvalue weighted by Gasteiger charge is -2.29. The van der Waals surface area contributed by atoms with Crippen molar-refractivity contribution in [1.82, 2.24) is 4.98 Å². The van der Waals surface area contributed by atoms with Crippen molar-refractivity contribution in [3.8, 4) is 0 Å². The molecule has 1 atom stereocenters. The smallest absolute Gasteiger partial charge is 0.132 e. The number of benzene rings is 4. The number of rotatable bonds is 2. The molecule has 7 rings (SSSR count). The zero-order valence-electron chi connectivity index (χ0n) is 21.5. The molecule has 37 heavy (non-hydrogen) atoms. The van der Waals surface area contributed by atoms with E-state index >= 15 is 0 Å². The second kappa shape index (κ2) is 8.06. The van der Waals surface area contributed by atoms with Gasteiger partial charge in [-0.2, -0.15) is 0 Å². The summed E-state index contributed by atoms with van der Waals surface area (Å²) in [6.07, 6.45) is -0.0286. The largest absolute Gasteiger partial charge is 0.359 e. The number of nitrogens with zero attached hydrogens (tertiary/aromatic N) is 2. The fourth-order valence-electron chi connectivity index (χ4n) is 5.59. The first kappa shape index (κ1) is 22.3. The molecule has 1 unspecified atom stereocenters. The van der Waals surface area contributed by atoms with Gasteiger partial charge >= 0.3 is 0 Å². The second-order valence-corrected chi connectivity index (χ2v) is 12.0. The summed E-state index contributed by atoms with van der Waals surface area (Å²) in [6, 6.07) is 33.3. The molecule has 4 aromatic carbocycles. The van der Waals surface area contributed by atoms with E-state index in [1.165, 1.54) is 54.4 Å². The Morgan fingerprint density at radius 2 is 1.57 bits per heavy atom. The molecule has 0 aliphatic carbocycles. The number of pyridine rings is 1. The van der Waals surface area contributed by atoms with E-state index in [2.05, 4.69) is 129 Å². The summed E-state index contributed by atoms with van der Waals surface area (Å²) in [4.78, 5) is 8.42. The van der Waals surface area contributed by atoms with Crippen LogP contribution in [0.25, 0.3) is 31.1 Å². The van der Waals surface area contributed by atoms with Gasteiger partial charge in [-0.3, -0.25) is 0 Å². The average molecular weight is 500 g/mol. The number of fused-ring (bicyclic) bond motifs is 6. The lowest BCUT2D eigenvalue weighted by molar-refractivity contribution is 0.590. The first-order valence-corrected chi connectivity index (χ1v) is 13.7. The minimum Gasteiger partial charge on any atom is -0.359 e. The van der Waals surface area contributed by atoms with Gasteiger partial charge in [-0.1, -0.05) is 81.4 Å². The van der Waals surface area contributed by atoms with Gasteiger partial charge in [-0.05, 0) is 53.6 Å². The van der Waals surface area contributed by atoms with Crippen LogP contribution in [0.4, 0.5) is 17.1 Å². The number of hydrogen-bond donors (Lipinski definition) is 1. The number of hydrogen-bond acceptors (Lipinski definition) is 4. The molecule has 0 saturated carbocycles. The molecule has 0 bridgehead atoms. The molecule has 0 amide bonds. The molecule has 0 fully saturated rings. The maximum atomic E-state index is 4.86. The number of anilines is 3. The molecule has 2 aromatic heterocycles. The zero-order chi connectivity index (χ0) is 25.3. The Balaban J connectivity index is 1.46. The summed E-state index contributed by atoms with van der Waals surface area (Å²) in [7, 11) is 0. The van der Waals surface area contributed by atoms with E-state index in [1.54, 1.807) is 11.3 Å². The van der Waals surface area contributed by atoms with Crippen LogP contribution in [0.1, 0.15) is 43.8 Å². The van der Waals surface area contributed by atoms with Gasteiger partial charge in [0.1, 0.15) is 11.0 Å². The lowest BCUT2D eigenvalue weighted by Crippen LogP contribution is -2.23. The summed E-state index contributed by atoms with van der Waals surface area (Å²) >= 11 is 1.80. The number of aromatic nitrogens is 1. The lowest BCUT2D eigenvalue weighted by atomic mass is 9.87. The number of aryl methyl sites for hydroxylation is 1. The third-order valence-corrected chi connectivity index (χ3v) is 8.71. The topological polar surface area (TPSA) is 28.2 Å². The van der Waals surface area contributed by atoms with Crippen LogP contribution in [0.15, 0.2) is 91.0 Å². The van der Waals surface area contributed by atoms with Crippen LogP contribution in [0.2, 0.25) is 0 Å². The van der Waals surface area contributed by atoms with Gasteiger partial charge in [0.05, 0.1) is 11.4 Å². The highest BCUT2D eigenvalue weighted by Gasteiger charge is 2.34. The summed E-state index contributed by atoms with van der Waals surface area (Å²) < 4.78 is 1.29. The van der Waals surface area contributed by atoms with Crippen LogP contribution in [-0.2, 0) is 5.41 Å². The average Bonchev–Trinajstić information content (AvgIpc) is 3.46. The third kappa shape index (κ3) is 3.51. The molecule has 182 valence electrons. The normalized spacial score (nSPS) is 15.5. The monoisotopic (exact) mass is 499 g/mol. The van der Waals surface area contributed by atoms with Crippen LogP contribution in [0.3, 0.4) is 0 Å². The molecular weight excluding hydrogens is 470 g/mol. The molecule has 0 saturated heterocycles. The second-order valence-electron chi connectivity index (χ2n) is 11.0. The fraction of sp³-hybridized carbons (Fsp3) is 0.182. The van der Waals surface area contributed by atoms with Gasteiger partial charge < -0.3 is 10.2 Å². The van der Waals surface area contributed by atoms with Crippen LogP contribution >= 0.6 is 11.3 Å². The Labute approximate surface area is 221 Å². The number of nitrogens with one attached hydrogen (secondary N) is 1. The Hall–Kier alpha value is -3.89. The van der Waals surface area contributed by atoms with E-state index < -0.39 is 0 Å². The van der Waals surface area contributed by atoms with Crippen LogP contribution in [0, 0.1) is 6.92 Å². The van der Waals surface area contributed by atoms with E-state index in [0.717, 1.165) is 10.5 Å². The Kier molecular flexibility index (Phi) is 4.86. The Morgan fingerprint density at radius 1 is 0.784 bits per heavy atom. The summed E-state index contributed by atoms with van der Waals surface area (Å²) in [6.45, 7) is 8.86. The summed E-state index contributed by atoms with van der Waals surface area (Å²) in [5, 5.41) is 8.95. The van der Waals surface area contributed by atoms with Gasteiger partial charge in [0.25, 0.3) is 0 Å². The summed E-state index contributed by atoms with van der Waals surface area (Å²) in [5.41, 5.74) is 7.37. The highest BCUT2D eigenvalue weighted by atomic mass is 32.1. The van der Waals surface area contributed by atoms with E-state index in [1.807, 2.05) is 0 Å². The molecular formula is C33H29N3S. The van der Waals surface area contributed by atoms with Gasteiger partial charge in [-0.15, -0.1) is 11.3 Å². The number of thiophene rings is 1. The van der Waals surface area contributed by atoms with Gasteiger partial charge in [0.2, 0.25) is 0 Å². The van der Waals surface area contributed by atoms with Crippen LogP contribution in [-0.4, -0.2) is 4.98 Å². The predicted octanol–water partition coefficient (Wildman–Crippen LogP) is 9.47. The zero-order valence-corrected chi connectivity index (χ0v) is 22.4. The van der Waals surface area contributed by atoms with Crippen molar-refractivity contribution in [2.75, 3.05) is 10.2 Å². The molecule has 0 radical (unpaired) electrons. The van der Waals surface area contributed by atoms with Crippen molar-refractivity contribution in [3.63, 3.8) is 0 Å². The van der Waals surface area contributed by atoms with Crippen molar-refractivity contribution >= 4 is 59.5 Å². The first-order valence-electron chi connectivity index (χ1n) is 12.9. The standard InChI is InChI=1S/C33H29N3S/c1-20-12-18-26-25-10-7-11-27(30(25)37-32(26)34-20)31-35-29-24-9-6-5-8-21(24)13-19-28(29)36(31)23-16-14-22(15-17-23)33(2,3)4/h5-19,31,35H,1-4H3. The molecule has 1 N–H and O–H groups in total. The maximum Gasteiger partial charge on any atom is 0.132 e. The molecule has 4 heteroatoms. The SMILES string of the molecule is Cc1ccc2c(n1)sc1c(C3Nc4c(ccc5ccccc45)N3c3ccc(C(C)(C)C)cc3)cccc12. The minimum atomic E-state index is -0.0286. The molecule has 3 heterocycles. The predicted molar refractivity (Wildman–Crippen MR) is 159 cm³/mol. The highest BCUT2D eigenvalue weighted by Crippen LogP contribution is 2.51. The van der Waals surface area contributed by atoms with E-state index in [-0.39, 0.29) is 11.6 Å². The highest BCUT2D eigenvalue weighted by molar-refractivity contribution is 7.25. The minimum absolute atomic E-state index is 0.0286. The molecule has 1 aliphatic heterocycles. The molecule has 0 spiro atoms. The van der Waals surface area contributed by atoms with Crippen molar-refractivity contribution in [2.45, 2.75) is 39.3 Å². The molecule has 1 aliphatic rings. The molecule has 3 nitrogen and oxygen atoms in total. The maximum absolute atomic E-state index is 4.86. The van der Waals surface area contributed by atoms with Gasteiger partial charge in [0, 0.05) is 37.8 Å². The van der Waals surface area contributed by atoms with E-state index in [0.29, 0.717) is 0 Å². The van der Waals surface area contributed by atoms with Crippen LogP contribution in [0.5, 0.6) is 0 Å². The van der Waals surface area contributed by atoms with E-state index in [4.69, 9.17) is 4.98 Å². The van der Waals surface area contributed by atoms with Crippen molar-refractivity contribution in [1.29, 1.82) is 0 Å². The first-order chi connectivity index (χ1) is 17.9. The van der Waals surface area contributed by atoms with Gasteiger partial charge in [-0.25, -0.2) is 4.98 Å². The van der Waals surface area contributed by atoms with Crippen LogP contribution < -0.4 is 10.2 Å². The van der Waals surface area contributed by atoms with Gasteiger partial charge in [0.15, 0.2) is 0 Å². The molecule has 6 aromatic rings. The van der Waals surface area contributed by atoms with Crippen molar-refractivity contribution in [2.24, 2.45) is 0 Å². The fourth-order valence-corrected chi connectivity index (χ4v) is 6.84. The Morgan fingerprint density at radius 3 is 2.38 bits per heavy atom. The van der Waals surface area contributed by atoms with Crippen molar-refractivity contribution < 1.29 is 0 Å². The van der Waals surface area contributed by atoms with E-state index in [9.17, 15) is 0 Å². The van der Waals surface area contributed by atoms with Crippen molar-refractivity contribution in [3.05, 3.63) is 108 Å². The Bertz CT molecular complexity index is 1810. The third-order valence-electron chi connectivity index (χ3n) is 7.55.